The summed E-state index contributed by atoms with van der Waals surface area (Å²) >= 11 is 5.13. The van der Waals surface area contributed by atoms with Crippen molar-refractivity contribution in [3.8, 4) is 0 Å². The van der Waals surface area contributed by atoms with Crippen LogP contribution in [0, 0.1) is 12.7 Å². The van der Waals surface area contributed by atoms with Crippen molar-refractivity contribution in [2.45, 2.75) is 19.9 Å². The molecule has 90 valence electrons. The summed E-state index contributed by atoms with van der Waals surface area (Å²) in [6.07, 6.45) is 0. The minimum atomic E-state index is -0.172. The summed E-state index contributed by atoms with van der Waals surface area (Å²) in [6.45, 7) is 3.86. The van der Waals surface area contributed by atoms with E-state index in [0.717, 1.165) is 9.47 Å². The second-order valence-corrected chi connectivity index (χ2v) is 6.41. The summed E-state index contributed by atoms with van der Waals surface area (Å²) in [7, 11) is 0. The lowest BCUT2D eigenvalue weighted by Gasteiger charge is -2.15. The van der Waals surface area contributed by atoms with E-state index in [1.54, 1.807) is 24.3 Å². The molecule has 0 amide bonds. The Hall–Kier alpha value is -0.870. The topological polar surface area (TPSA) is 12.0 Å². The Morgan fingerprint density at radius 2 is 2.06 bits per heavy atom. The van der Waals surface area contributed by atoms with Crippen LogP contribution in [-0.2, 0) is 0 Å². The van der Waals surface area contributed by atoms with Gasteiger partial charge in [-0.15, -0.1) is 11.3 Å². The van der Waals surface area contributed by atoms with E-state index in [1.165, 1.54) is 10.9 Å². The van der Waals surface area contributed by atoms with Crippen LogP contribution in [-0.4, -0.2) is 0 Å². The Kier molecular flexibility index (Phi) is 3.84. The maximum absolute atomic E-state index is 13.4. The van der Waals surface area contributed by atoms with E-state index >= 15 is 0 Å². The molecule has 1 aromatic carbocycles. The molecule has 4 heteroatoms. The van der Waals surface area contributed by atoms with Gasteiger partial charge in [0.05, 0.1) is 9.83 Å². The van der Waals surface area contributed by atoms with Gasteiger partial charge in [0.1, 0.15) is 5.82 Å². The summed E-state index contributed by atoms with van der Waals surface area (Å²) in [5.41, 5.74) is 1.51. The van der Waals surface area contributed by atoms with Gasteiger partial charge in [-0.25, -0.2) is 4.39 Å². The molecule has 2 aromatic rings. The van der Waals surface area contributed by atoms with Crippen LogP contribution in [0.2, 0.25) is 0 Å². The monoisotopic (exact) mass is 313 g/mol. The molecule has 0 radical (unpaired) electrons. The number of thiophene rings is 1. The van der Waals surface area contributed by atoms with Gasteiger partial charge in [-0.2, -0.15) is 0 Å². The second-order valence-electron chi connectivity index (χ2n) is 3.92. The Morgan fingerprint density at radius 1 is 1.29 bits per heavy atom. The first-order valence-electron chi connectivity index (χ1n) is 5.35. The van der Waals surface area contributed by atoms with Gasteiger partial charge < -0.3 is 5.32 Å². The van der Waals surface area contributed by atoms with Gasteiger partial charge in [-0.1, -0.05) is 6.07 Å². The predicted molar refractivity (Wildman–Crippen MR) is 75.2 cm³/mol. The number of hydrogen-bond donors (Lipinski definition) is 1. The lowest BCUT2D eigenvalue weighted by atomic mass is 10.1. The lowest BCUT2D eigenvalue weighted by molar-refractivity contribution is 0.618. The molecule has 1 atom stereocenters. The zero-order chi connectivity index (χ0) is 12.4. The molecule has 0 aliphatic rings. The van der Waals surface area contributed by atoms with Gasteiger partial charge in [-0.3, -0.25) is 0 Å². The van der Waals surface area contributed by atoms with Crippen LogP contribution >= 0.6 is 27.3 Å². The zero-order valence-electron chi connectivity index (χ0n) is 9.63. The Bertz CT molecular complexity index is 524. The molecule has 0 bridgehead atoms. The van der Waals surface area contributed by atoms with Crippen molar-refractivity contribution in [2.24, 2.45) is 0 Å². The first kappa shape index (κ1) is 12.6. The van der Waals surface area contributed by atoms with Crippen molar-refractivity contribution in [2.75, 3.05) is 5.32 Å². The molecule has 0 aliphatic heterocycles. The number of rotatable bonds is 3. The van der Waals surface area contributed by atoms with Crippen molar-refractivity contribution in [1.29, 1.82) is 0 Å². The molecule has 1 heterocycles. The second kappa shape index (κ2) is 5.19. The minimum absolute atomic E-state index is 0.172. The maximum atomic E-state index is 13.4. The highest BCUT2D eigenvalue weighted by atomic mass is 79.9. The van der Waals surface area contributed by atoms with Crippen molar-refractivity contribution in [3.63, 3.8) is 0 Å². The average molecular weight is 314 g/mol. The third kappa shape index (κ3) is 2.87. The highest BCUT2D eigenvalue weighted by molar-refractivity contribution is 9.11. The van der Waals surface area contributed by atoms with Gasteiger partial charge in [0, 0.05) is 16.1 Å². The van der Waals surface area contributed by atoms with E-state index in [0.29, 0.717) is 5.56 Å². The average Bonchev–Trinajstić information content (AvgIpc) is 2.72. The van der Waals surface area contributed by atoms with Crippen LogP contribution in [0.4, 0.5) is 10.1 Å². The summed E-state index contributed by atoms with van der Waals surface area (Å²) < 4.78 is 14.5. The number of anilines is 1. The number of halogens is 2. The first-order valence-corrected chi connectivity index (χ1v) is 6.96. The molecule has 0 fully saturated rings. The van der Waals surface area contributed by atoms with Gasteiger partial charge in [0.25, 0.3) is 0 Å². The van der Waals surface area contributed by atoms with E-state index in [-0.39, 0.29) is 11.9 Å². The molecule has 0 spiro atoms. The fourth-order valence-corrected chi connectivity index (χ4v) is 3.06. The number of nitrogens with one attached hydrogen (secondary N) is 1. The summed E-state index contributed by atoms with van der Waals surface area (Å²) in [5.74, 6) is -0.172. The van der Waals surface area contributed by atoms with Crippen molar-refractivity contribution in [3.05, 3.63) is 50.4 Å². The molecule has 0 saturated carbocycles. The number of hydrogen-bond acceptors (Lipinski definition) is 2. The molecule has 1 N–H and O–H groups in total. The van der Waals surface area contributed by atoms with Crippen LogP contribution in [0.3, 0.4) is 0 Å². The van der Waals surface area contributed by atoms with Crippen molar-refractivity contribution >= 4 is 33.0 Å². The third-order valence-electron chi connectivity index (χ3n) is 2.66. The third-order valence-corrected chi connectivity index (χ3v) is 4.47. The van der Waals surface area contributed by atoms with E-state index in [4.69, 9.17) is 0 Å². The Labute approximate surface area is 113 Å². The standard InChI is InChI=1S/C13H13BrFNS/c1-8-10(15)4-3-5-11(8)16-9(2)12-6-7-13(14)17-12/h3-7,9,16H,1-2H3. The largest absolute Gasteiger partial charge is 0.377 e. The Balaban J connectivity index is 2.18. The first-order chi connectivity index (χ1) is 8.08. The van der Waals surface area contributed by atoms with Gasteiger partial charge in [0.2, 0.25) is 0 Å². The highest BCUT2D eigenvalue weighted by Gasteiger charge is 2.10. The fraction of sp³-hybridized carbons (Fsp3) is 0.231. The predicted octanol–water partition coefficient (Wildman–Crippen LogP) is 5.13. The minimum Gasteiger partial charge on any atom is -0.377 e. The molecule has 17 heavy (non-hydrogen) atoms. The van der Waals surface area contributed by atoms with Crippen molar-refractivity contribution in [1.82, 2.24) is 0 Å². The smallest absolute Gasteiger partial charge is 0.128 e. The molecule has 0 saturated heterocycles. The van der Waals surface area contributed by atoms with Crippen molar-refractivity contribution < 1.29 is 4.39 Å². The fourth-order valence-electron chi connectivity index (χ4n) is 1.63. The molecule has 1 nitrogen and oxygen atoms in total. The van der Waals surface area contributed by atoms with Crippen LogP contribution in [0.1, 0.15) is 23.4 Å². The van der Waals surface area contributed by atoms with E-state index in [2.05, 4.69) is 34.2 Å². The maximum Gasteiger partial charge on any atom is 0.128 e. The number of benzene rings is 1. The van der Waals surface area contributed by atoms with E-state index in [1.807, 2.05) is 12.1 Å². The van der Waals surface area contributed by atoms with E-state index in [9.17, 15) is 4.39 Å². The molecular formula is C13H13BrFNS. The quantitative estimate of drug-likeness (QED) is 0.828. The molecule has 0 aliphatic carbocycles. The van der Waals surface area contributed by atoms with Crippen LogP contribution in [0.5, 0.6) is 0 Å². The molecular weight excluding hydrogens is 301 g/mol. The normalized spacial score (nSPS) is 12.5. The summed E-state index contributed by atoms with van der Waals surface area (Å²) in [6, 6.07) is 9.37. The molecule has 1 aromatic heterocycles. The Morgan fingerprint density at radius 3 is 2.71 bits per heavy atom. The van der Waals surface area contributed by atoms with E-state index < -0.39 is 0 Å². The molecule has 2 rings (SSSR count). The van der Waals surface area contributed by atoms with Crippen LogP contribution in [0.25, 0.3) is 0 Å². The van der Waals surface area contributed by atoms with Gasteiger partial charge in [-0.05, 0) is 54.0 Å². The summed E-state index contributed by atoms with van der Waals surface area (Å²) in [5, 5.41) is 3.33. The lowest BCUT2D eigenvalue weighted by Crippen LogP contribution is -2.06. The highest BCUT2D eigenvalue weighted by Crippen LogP contribution is 2.30. The SMILES string of the molecule is Cc1c(F)cccc1NC(C)c1ccc(Br)s1. The molecule has 1 unspecified atom stereocenters. The van der Waals surface area contributed by atoms with Gasteiger partial charge in [0.15, 0.2) is 0 Å². The van der Waals surface area contributed by atoms with Crippen LogP contribution < -0.4 is 5.32 Å². The summed E-state index contributed by atoms with van der Waals surface area (Å²) in [4.78, 5) is 1.22. The van der Waals surface area contributed by atoms with Crippen LogP contribution in [0.15, 0.2) is 34.1 Å². The van der Waals surface area contributed by atoms with Gasteiger partial charge >= 0.3 is 0 Å². The zero-order valence-corrected chi connectivity index (χ0v) is 12.0.